The molecule has 4 heteroatoms. The number of aromatic nitrogens is 2. The van der Waals surface area contributed by atoms with Crippen LogP contribution in [-0.2, 0) is 7.05 Å². The van der Waals surface area contributed by atoms with Gasteiger partial charge in [0.25, 0.3) is 0 Å². The summed E-state index contributed by atoms with van der Waals surface area (Å²) >= 11 is 6.34. The summed E-state index contributed by atoms with van der Waals surface area (Å²) in [5, 5.41) is 5.99. The summed E-state index contributed by atoms with van der Waals surface area (Å²) in [7, 11) is 1.77. The van der Waals surface area contributed by atoms with E-state index in [-0.39, 0.29) is 0 Å². The van der Waals surface area contributed by atoms with Crippen molar-refractivity contribution in [3.63, 3.8) is 0 Å². The Morgan fingerprint density at radius 1 is 1.20 bits per heavy atom. The Morgan fingerprint density at radius 3 is 2.70 bits per heavy atom. The first-order valence-electron chi connectivity index (χ1n) is 6.29. The second kappa shape index (κ2) is 4.76. The molecule has 0 amide bonds. The molecule has 0 bridgehead atoms. The van der Waals surface area contributed by atoms with Crippen LogP contribution >= 0.6 is 11.6 Å². The molecular weight excluding hydrogens is 272 g/mol. The van der Waals surface area contributed by atoms with Crippen LogP contribution in [0, 0.1) is 6.92 Å². The van der Waals surface area contributed by atoms with Gasteiger partial charge in [-0.15, -0.1) is 0 Å². The lowest BCUT2D eigenvalue weighted by molar-refractivity contribution is 0.111. The van der Waals surface area contributed by atoms with E-state index in [4.69, 9.17) is 11.6 Å². The predicted octanol–water partition coefficient (Wildman–Crippen LogP) is 4.01. The van der Waals surface area contributed by atoms with E-state index >= 15 is 0 Å². The van der Waals surface area contributed by atoms with Gasteiger partial charge in [0.2, 0.25) is 0 Å². The van der Waals surface area contributed by atoms with Crippen LogP contribution < -0.4 is 0 Å². The van der Waals surface area contributed by atoms with E-state index in [1.807, 2.05) is 43.3 Å². The van der Waals surface area contributed by atoms with Crippen LogP contribution in [0.25, 0.3) is 22.0 Å². The van der Waals surface area contributed by atoms with Crippen molar-refractivity contribution < 1.29 is 4.79 Å². The Bertz CT molecular complexity index is 821. The molecule has 20 heavy (non-hydrogen) atoms. The fourth-order valence-electron chi connectivity index (χ4n) is 2.43. The van der Waals surface area contributed by atoms with Crippen molar-refractivity contribution in [2.75, 3.05) is 0 Å². The highest BCUT2D eigenvalue weighted by atomic mass is 35.5. The van der Waals surface area contributed by atoms with Gasteiger partial charge in [-0.2, -0.15) is 5.10 Å². The number of benzene rings is 2. The zero-order valence-corrected chi connectivity index (χ0v) is 12.0. The average molecular weight is 285 g/mol. The fourth-order valence-corrected chi connectivity index (χ4v) is 2.77. The zero-order valence-electron chi connectivity index (χ0n) is 11.2. The first kappa shape index (κ1) is 12.9. The number of hydrogen-bond donors (Lipinski definition) is 0. The Kier molecular flexibility index (Phi) is 3.07. The van der Waals surface area contributed by atoms with Gasteiger partial charge in [0.1, 0.15) is 11.2 Å². The lowest BCUT2D eigenvalue weighted by Crippen LogP contribution is -1.95. The Morgan fingerprint density at radius 2 is 2.00 bits per heavy atom. The summed E-state index contributed by atoms with van der Waals surface area (Å²) in [5.74, 6) is 0. The normalized spacial score (nSPS) is 10.9. The molecule has 0 spiro atoms. The lowest BCUT2D eigenvalue weighted by Gasteiger charge is -2.06. The SMILES string of the molecule is Cc1ccc(-c2cccc3c(C=O)n(C)nc23)c(Cl)c1. The van der Waals surface area contributed by atoms with Crippen molar-refractivity contribution in [2.24, 2.45) is 7.05 Å². The molecule has 0 radical (unpaired) electrons. The van der Waals surface area contributed by atoms with E-state index in [1.165, 1.54) is 0 Å². The lowest BCUT2D eigenvalue weighted by atomic mass is 10.0. The molecule has 0 fully saturated rings. The van der Waals surface area contributed by atoms with Crippen molar-refractivity contribution in [1.29, 1.82) is 0 Å². The van der Waals surface area contributed by atoms with Crippen LogP contribution in [0.1, 0.15) is 16.1 Å². The molecule has 0 N–H and O–H groups in total. The van der Waals surface area contributed by atoms with Crippen molar-refractivity contribution in [1.82, 2.24) is 9.78 Å². The molecule has 100 valence electrons. The average Bonchev–Trinajstić information content (AvgIpc) is 2.74. The fraction of sp³-hybridized carbons (Fsp3) is 0.125. The van der Waals surface area contributed by atoms with E-state index < -0.39 is 0 Å². The quantitative estimate of drug-likeness (QED) is 0.666. The standard InChI is InChI=1S/C16H13ClN2O/c1-10-6-7-11(14(17)8-10)12-4-3-5-13-15(9-20)19(2)18-16(12)13/h3-9H,1-2H3. The van der Waals surface area contributed by atoms with Crippen molar-refractivity contribution in [3.05, 3.63) is 52.7 Å². The van der Waals surface area contributed by atoms with E-state index in [0.717, 1.165) is 33.9 Å². The van der Waals surface area contributed by atoms with E-state index in [1.54, 1.807) is 11.7 Å². The van der Waals surface area contributed by atoms with Crippen LogP contribution in [-0.4, -0.2) is 16.1 Å². The van der Waals surface area contributed by atoms with Gasteiger partial charge in [0.05, 0.1) is 0 Å². The summed E-state index contributed by atoms with van der Waals surface area (Å²) < 4.78 is 1.60. The van der Waals surface area contributed by atoms with Crippen LogP contribution in [0.2, 0.25) is 5.02 Å². The number of aldehydes is 1. The minimum absolute atomic E-state index is 0.574. The van der Waals surface area contributed by atoms with E-state index in [0.29, 0.717) is 10.7 Å². The largest absolute Gasteiger partial charge is 0.296 e. The zero-order chi connectivity index (χ0) is 14.3. The third-order valence-corrected chi connectivity index (χ3v) is 3.75. The Hall–Kier alpha value is -2.13. The smallest absolute Gasteiger partial charge is 0.168 e. The number of aryl methyl sites for hydroxylation is 2. The van der Waals surface area contributed by atoms with Gasteiger partial charge in [-0.05, 0) is 18.6 Å². The highest BCUT2D eigenvalue weighted by Gasteiger charge is 2.14. The van der Waals surface area contributed by atoms with Crippen LogP contribution in [0.5, 0.6) is 0 Å². The molecule has 0 aliphatic heterocycles. The molecule has 3 nitrogen and oxygen atoms in total. The topological polar surface area (TPSA) is 34.9 Å². The van der Waals surface area contributed by atoms with Gasteiger partial charge in [-0.3, -0.25) is 9.48 Å². The Labute approximate surface area is 121 Å². The predicted molar refractivity (Wildman–Crippen MR) is 81.3 cm³/mol. The summed E-state index contributed by atoms with van der Waals surface area (Å²) in [5.41, 5.74) is 4.35. The highest BCUT2D eigenvalue weighted by Crippen LogP contribution is 2.34. The maximum atomic E-state index is 11.2. The molecule has 1 aromatic heterocycles. The molecule has 0 atom stereocenters. The summed E-state index contributed by atoms with van der Waals surface area (Å²) in [6.07, 6.45) is 0.829. The van der Waals surface area contributed by atoms with Crippen LogP contribution in [0.4, 0.5) is 0 Å². The maximum absolute atomic E-state index is 11.2. The highest BCUT2D eigenvalue weighted by molar-refractivity contribution is 6.33. The van der Waals surface area contributed by atoms with Gasteiger partial charge < -0.3 is 0 Å². The first-order chi connectivity index (χ1) is 9.61. The molecule has 2 aromatic carbocycles. The van der Waals surface area contributed by atoms with Gasteiger partial charge >= 0.3 is 0 Å². The first-order valence-corrected chi connectivity index (χ1v) is 6.67. The monoisotopic (exact) mass is 284 g/mol. The summed E-state index contributed by atoms with van der Waals surface area (Å²) in [6.45, 7) is 2.00. The Balaban J connectivity index is 2.34. The van der Waals surface area contributed by atoms with E-state index in [2.05, 4.69) is 5.10 Å². The third-order valence-electron chi connectivity index (χ3n) is 3.44. The number of fused-ring (bicyclic) bond motifs is 1. The molecule has 0 saturated carbocycles. The summed E-state index contributed by atoms with van der Waals surface area (Å²) in [4.78, 5) is 11.2. The molecule has 0 saturated heterocycles. The van der Waals surface area contributed by atoms with Crippen molar-refractivity contribution in [3.8, 4) is 11.1 Å². The second-order valence-electron chi connectivity index (χ2n) is 4.81. The number of rotatable bonds is 2. The molecule has 0 unspecified atom stereocenters. The minimum Gasteiger partial charge on any atom is -0.296 e. The molecule has 3 aromatic rings. The number of hydrogen-bond acceptors (Lipinski definition) is 2. The van der Waals surface area contributed by atoms with Gasteiger partial charge in [-0.25, -0.2) is 0 Å². The molecule has 0 aliphatic carbocycles. The molecule has 3 rings (SSSR count). The van der Waals surface area contributed by atoms with E-state index in [9.17, 15) is 4.79 Å². The molecule has 0 aliphatic rings. The maximum Gasteiger partial charge on any atom is 0.168 e. The van der Waals surface area contributed by atoms with Crippen molar-refractivity contribution in [2.45, 2.75) is 6.92 Å². The number of carbonyl (C=O) groups excluding carboxylic acids is 1. The number of nitrogens with zero attached hydrogens (tertiary/aromatic N) is 2. The van der Waals surface area contributed by atoms with Crippen molar-refractivity contribution >= 4 is 28.8 Å². The van der Waals surface area contributed by atoms with Crippen LogP contribution in [0.3, 0.4) is 0 Å². The van der Waals surface area contributed by atoms with Gasteiger partial charge in [-0.1, -0.05) is 41.9 Å². The van der Waals surface area contributed by atoms with Gasteiger partial charge in [0.15, 0.2) is 6.29 Å². The minimum atomic E-state index is 0.574. The number of carbonyl (C=O) groups is 1. The molecule has 1 heterocycles. The van der Waals surface area contributed by atoms with Crippen LogP contribution in [0.15, 0.2) is 36.4 Å². The van der Waals surface area contributed by atoms with Gasteiger partial charge in [0, 0.05) is 28.6 Å². The number of halogens is 1. The molecular formula is C16H13ClN2O. The second-order valence-corrected chi connectivity index (χ2v) is 5.22. The summed E-state index contributed by atoms with van der Waals surface area (Å²) in [6, 6.07) is 11.7. The third kappa shape index (κ3) is 1.91.